The molecule has 0 fully saturated rings. The van der Waals surface area contributed by atoms with Gasteiger partial charge in [0.25, 0.3) is 0 Å². The van der Waals surface area contributed by atoms with Crippen LogP contribution in [0.2, 0.25) is 23.2 Å². The van der Waals surface area contributed by atoms with E-state index < -0.39 is 40.1 Å². The first-order chi connectivity index (χ1) is 16.9. The topological polar surface area (TPSA) is 29.5 Å². The molecule has 37 heavy (non-hydrogen) atoms. The Kier molecular flexibility index (Phi) is 12.1. The molecule has 0 aliphatic carbocycles. The summed E-state index contributed by atoms with van der Waals surface area (Å²) in [5.41, 5.74) is 0.303. The van der Waals surface area contributed by atoms with Gasteiger partial charge in [0.15, 0.2) is 16.6 Å². The summed E-state index contributed by atoms with van der Waals surface area (Å²) in [6.45, 7) is 11.9. The van der Waals surface area contributed by atoms with E-state index in [2.05, 4.69) is 0 Å². The highest BCUT2D eigenvalue weighted by molar-refractivity contribution is 6.74. The second kappa shape index (κ2) is 13.4. The Labute approximate surface area is 219 Å². The molecule has 0 aliphatic rings. The Morgan fingerprint density at radius 2 is 1.11 bits per heavy atom. The number of hydrogen-bond acceptors (Lipinski definition) is 2. The smallest absolute Gasteiger partial charge is 0.416 e. The van der Waals surface area contributed by atoms with E-state index in [1.54, 1.807) is 19.2 Å². The van der Waals surface area contributed by atoms with E-state index in [9.17, 15) is 31.1 Å². The summed E-state index contributed by atoms with van der Waals surface area (Å²) >= 11 is 0. The van der Waals surface area contributed by atoms with Crippen molar-refractivity contribution in [3.8, 4) is 0 Å². The summed E-state index contributed by atoms with van der Waals surface area (Å²) in [5.74, 6) is 0. The molecule has 0 radical (unpaired) electrons. The molecule has 2 aromatic carbocycles. The zero-order chi connectivity index (χ0) is 28.7. The van der Waals surface area contributed by atoms with Gasteiger partial charge < -0.3 is 9.22 Å². The van der Waals surface area contributed by atoms with Crippen LogP contribution in [0.25, 0.3) is 0 Å². The van der Waals surface area contributed by atoms with Gasteiger partial charge >= 0.3 is 12.4 Å². The van der Waals surface area contributed by atoms with Crippen LogP contribution in [0.5, 0.6) is 0 Å². The van der Waals surface area contributed by atoms with Crippen molar-refractivity contribution in [3.63, 3.8) is 0 Å². The molecular formula is C27H40F6O2Si2. The summed E-state index contributed by atoms with van der Waals surface area (Å²) in [7, 11) is -2.83. The van der Waals surface area contributed by atoms with Crippen LogP contribution in [0.4, 0.5) is 26.3 Å². The van der Waals surface area contributed by atoms with Crippen molar-refractivity contribution < 1.29 is 35.6 Å². The largest absolute Gasteiger partial charge is 0.431 e. The normalized spacial score (nSPS) is 13.1. The first-order valence-corrected chi connectivity index (χ1v) is 17.4. The van der Waals surface area contributed by atoms with Gasteiger partial charge in [0.05, 0.1) is 11.1 Å². The first-order valence-electron chi connectivity index (χ1n) is 12.5. The molecular weight excluding hydrogens is 526 g/mol. The van der Waals surface area contributed by atoms with E-state index in [-0.39, 0.29) is 11.1 Å². The van der Waals surface area contributed by atoms with Gasteiger partial charge in [-0.05, 0) is 58.5 Å². The molecule has 0 spiro atoms. The van der Waals surface area contributed by atoms with Crippen molar-refractivity contribution in [2.24, 2.45) is 0 Å². The molecule has 2 nitrogen and oxygen atoms in total. The lowest BCUT2D eigenvalue weighted by atomic mass is 10.1. The fourth-order valence-electron chi connectivity index (χ4n) is 4.35. The number of halogens is 6. The second-order valence-corrected chi connectivity index (χ2v) is 19.3. The molecule has 10 heteroatoms. The van der Waals surface area contributed by atoms with E-state index in [1.165, 1.54) is 18.2 Å². The number of hydrogen-bond donors (Lipinski definition) is 1. The number of rotatable bonds is 9. The zero-order valence-corrected chi connectivity index (χ0v) is 24.7. The van der Waals surface area contributed by atoms with Crippen LogP contribution >= 0.6 is 0 Å². The second-order valence-electron chi connectivity index (χ2n) is 10.1. The van der Waals surface area contributed by atoms with Crippen molar-refractivity contribution >= 4 is 16.6 Å². The minimum atomic E-state index is -4.33. The minimum Gasteiger partial charge on any atom is -0.431 e. The molecule has 0 amide bonds. The third-order valence-corrected chi connectivity index (χ3v) is 16.7. The quantitative estimate of drug-likeness (QED) is 0.242. The maximum absolute atomic E-state index is 12.7. The molecule has 0 saturated carbocycles. The lowest BCUT2D eigenvalue weighted by Crippen LogP contribution is -2.44. The molecule has 0 atom stereocenters. The fourth-order valence-corrected chi connectivity index (χ4v) is 10.1. The Bertz CT molecular complexity index is 954. The van der Waals surface area contributed by atoms with Gasteiger partial charge in [0.1, 0.15) is 0 Å². The van der Waals surface area contributed by atoms with E-state index in [4.69, 9.17) is 4.43 Å². The Hall–Kier alpha value is -1.63. The zero-order valence-electron chi connectivity index (χ0n) is 22.7. The van der Waals surface area contributed by atoms with Crippen molar-refractivity contribution in [1.29, 1.82) is 0 Å². The first kappa shape index (κ1) is 33.4. The van der Waals surface area contributed by atoms with E-state index in [1.807, 2.05) is 41.5 Å². The standard InChI is InChI=1S/C14H21F3OSi.C13H19F3OSi/c1-10(2)19(18,11(3)4)9-12-6-5-7-13(8-12)14(15,16)17;1-4-18(5-2,17-3)10-11-7-6-8-12(9-11)13(14,15)16/h5-8,10-11,18H,9H2,1-4H3;6-9H,4-5,10H2,1-3H3. The molecule has 0 unspecified atom stereocenters. The van der Waals surface area contributed by atoms with Gasteiger partial charge in [-0.1, -0.05) is 77.9 Å². The predicted molar refractivity (Wildman–Crippen MR) is 142 cm³/mol. The van der Waals surface area contributed by atoms with Crippen LogP contribution in [0.15, 0.2) is 48.5 Å². The monoisotopic (exact) mass is 566 g/mol. The van der Waals surface area contributed by atoms with Crippen LogP contribution in [-0.2, 0) is 28.9 Å². The van der Waals surface area contributed by atoms with Crippen LogP contribution in [0.1, 0.15) is 63.8 Å². The summed E-state index contributed by atoms with van der Waals surface area (Å²) < 4.78 is 81.5. The SMILES string of the molecule is CC(C)[Si](O)(Cc1cccc(C(F)(F)F)c1)C(C)C.CC[Si](CC)(Cc1cccc(C(F)(F)F)c1)OC. The van der Waals surface area contributed by atoms with Gasteiger partial charge in [-0.2, -0.15) is 26.3 Å². The number of benzene rings is 2. The van der Waals surface area contributed by atoms with E-state index >= 15 is 0 Å². The van der Waals surface area contributed by atoms with Gasteiger partial charge in [-0.15, -0.1) is 0 Å². The molecule has 0 saturated heterocycles. The molecule has 1 N–H and O–H groups in total. The number of alkyl halides is 6. The highest BCUT2D eigenvalue weighted by Gasteiger charge is 2.39. The molecule has 0 bridgehead atoms. The summed E-state index contributed by atoms with van der Waals surface area (Å²) in [4.78, 5) is 10.8. The van der Waals surface area contributed by atoms with Gasteiger partial charge in [-0.25, -0.2) is 0 Å². The fraction of sp³-hybridized carbons (Fsp3) is 0.556. The Morgan fingerprint density at radius 3 is 1.41 bits per heavy atom. The summed E-state index contributed by atoms with van der Waals surface area (Å²) in [6.07, 6.45) is -8.60. The van der Waals surface area contributed by atoms with Crippen LogP contribution in [0, 0.1) is 0 Å². The molecule has 2 rings (SSSR count). The van der Waals surface area contributed by atoms with Crippen LogP contribution in [0.3, 0.4) is 0 Å². The highest BCUT2D eigenvalue weighted by atomic mass is 28.4. The van der Waals surface area contributed by atoms with Crippen molar-refractivity contribution in [3.05, 3.63) is 70.8 Å². The molecule has 210 valence electrons. The maximum atomic E-state index is 12.7. The summed E-state index contributed by atoms with van der Waals surface area (Å²) in [5, 5.41) is 0. The molecule has 0 aromatic heterocycles. The average molecular weight is 567 g/mol. The third-order valence-electron chi connectivity index (χ3n) is 7.24. The van der Waals surface area contributed by atoms with Gasteiger partial charge in [-0.3, -0.25) is 0 Å². The Balaban J connectivity index is 0.000000371. The van der Waals surface area contributed by atoms with Crippen molar-refractivity contribution in [1.82, 2.24) is 0 Å². The minimum absolute atomic E-state index is 0.113. The molecule has 0 aliphatic heterocycles. The van der Waals surface area contributed by atoms with Crippen LogP contribution in [-0.4, -0.2) is 28.5 Å². The molecule has 0 heterocycles. The Morgan fingerprint density at radius 1 is 0.730 bits per heavy atom. The average Bonchev–Trinajstić information content (AvgIpc) is 2.82. The maximum Gasteiger partial charge on any atom is 0.416 e. The van der Waals surface area contributed by atoms with Crippen molar-refractivity contribution in [2.45, 2.75) is 89.2 Å². The van der Waals surface area contributed by atoms with Gasteiger partial charge in [0.2, 0.25) is 0 Å². The van der Waals surface area contributed by atoms with Crippen molar-refractivity contribution in [2.75, 3.05) is 7.11 Å². The predicted octanol–water partition coefficient (Wildman–Crippen LogP) is 8.96. The van der Waals surface area contributed by atoms with E-state index in [0.717, 1.165) is 35.9 Å². The lowest BCUT2D eigenvalue weighted by Gasteiger charge is -2.33. The molecule has 2 aromatic rings. The lowest BCUT2D eigenvalue weighted by molar-refractivity contribution is -0.138. The van der Waals surface area contributed by atoms with E-state index in [0.29, 0.717) is 17.7 Å². The van der Waals surface area contributed by atoms with Crippen LogP contribution < -0.4 is 0 Å². The highest BCUT2D eigenvalue weighted by Crippen LogP contribution is 2.35. The summed E-state index contributed by atoms with van der Waals surface area (Å²) in [6, 6.07) is 13.7. The third kappa shape index (κ3) is 9.56. The van der Waals surface area contributed by atoms with Gasteiger partial charge in [0, 0.05) is 7.11 Å².